The summed E-state index contributed by atoms with van der Waals surface area (Å²) in [6.07, 6.45) is 0. The third-order valence-electron chi connectivity index (χ3n) is 5.80. The van der Waals surface area contributed by atoms with Crippen LogP contribution in [0.2, 0.25) is 0 Å². The molecule has 216 valence electrons. The minimum Gasteiger partial charge on any atom is -0.457 e. The van der Waals surface area contributed by atoms with E-state index in [4.69, 9.17) is 18.9 Å². The molecule has 0 fully saturated rings. The van der Waals surface area contributed by atoms with Crippen LogP contribution >= 0.6 is 0 Å². The fourth-order valence-electron chi connectivity index (χ4n) is 3.73. The summed E-state index contributed by atoms with van der Waals surface area (Å²) in [7, 11) is 0. The molecule has 0 atom stereocenters. The van der Waals surface area contributed by atoms with E-state index in [-0.39, 0.29) is 35.2 Å². The highest BCUT2D eigenvalue weighted by molar-refractivity contribution is 5.89. The molecule has 0 bridgehead atoms. The van der Waals surface area contributed by atoms with Gasteiger partial charge in [-0.1, -0.05) is 48.5 Å². The van der Waals surface area contributed by atoms with Gasteiger partial charge in [0.25, 0.3) is 11.8 Å². The highest BCUT2D eigenvalue weighted by Gasteiger charge is 2.26. The molecule has 0 amide bonds. The van der Waals surface area contributed by atoms with Crippen molar-refractivity contribution in [2.24, 2.45) is 0 Å². The summed E-state index contributed by atoms with van der Waals surface area (Å²) >= 11 is 0. The number of esters is 1. The minimum absolute atomic E-state index is 0.0549. The number of carbonyl (C=O) groups excluding carboxylic acids is 1. The van der Waals surface area contributed by atoms with Gasteiger partial charge in [-0.15, -0.1) is 0 Å². The van der Waals surface area contributed by atoms with Crippen molar-refractivity contribution in [3.8, 4) is 34.6 Å². The molecular weight excluding hydrogens is 569 g/mol. The zero-order chi connectivity index (χ0) is 30.3. The molecule has 1 heterocycles. The number of halogens is 3. The number of nitrogens with zero attached hydrogens (tertiary/aromatic N) is 2. The Bertz CT molecular complexity index is 1770. The fraction of sp³-hybridized carbons (Fsp3) is 0.0323. The maximum atomic E-state index is 15.3. The molecule has 9 nitrogen and oxygen atoms in total. The predicted octanol–water partition coefficient (Wildman–Crippen LogP) is 8.14. The van der Waals surface area contributed by atoms with Crippen LogP contribution in [0.1, 0.15) is 15.9 Å². The third kappa shape index (κ3) is 6.88. The van der Waals surface area contributed by atoms with Gasteiger partial charge in [-0.2, -0.15) is 18.2 Å². The van der Waals surface area contributed by atoms with Crippen LogP contribution in [-0.2, 0) is 11.3 Å². The minimum atomic E-state index is -1.76. The average molecular weight is 588 g/mol. The average Bonchev–Trinajstić information content (AvgIpc) is 3.02. The van der Waals surface area contributed by atoms with Crippen LogP contribution in [0, 0.1) is 27.7 Å². The molecule has 0 spiro atoms. The molecule has 0 aliphatic heterocycles. The maximum Gasteiger partial charge on any atom is 0.338 e. The fourth-order valence-corrected chi connectivity index (χ4v) is 3.73. The Labute approximate surface area is 241 Å². The lowest BCUT2D eigenvalue weighted by Crippen LogP contribution is -2.05. The molecule has 0 aliphatic carbocycles. The smallest absolute Gasteiger partial charge is 0.338 e. The van der Waals surface area contributed by atoms with Gasteiger partial charge in [-0.05, 0) is 48.0 Å². The van der Waals surface area contributed by atoms with Gasteiger partial charge in [0.15, 0.2) is 0 Å². The van der Waals surface area contributed by atoms with Crippen LogP contribution < -0.4 is 14.2 Å². The van der Waals surface area contributed by atoms with E-state index in [1.807, 2.05) is 6.07 Å². The second-order valence-corrected chi connectivity index (χ2v) is 8.76. The molecule has 0 saturated heterocycles. The first-order valence-corrected chi connectivity index (χ1v) is 12.5. The van der Waals surface area contributed by atoms with Crippen molar-refractivity contribution >= 4 is 11.7 Å². The Morgan fingerprint density at radius 1 is 0.744 bits per heavy atom. The molecule has 5 aromatic rings. The number of benzene rings is 4. The number of hydrogen-bond donors (Lipinski definition) is 0. The number of ether oxygens (including phenoxy) is 4. The van der Waals surface area contributed by atoms with Crippen molar-refractivity contribution < 1.29 is 41.8 Å². The van der Waals surface area contributed by atoms with Gasteiger partial charge in [0.2, 0.25) is 23.1 Å². The molecule has 0 saturated carbocycles. The second-order valence-electron chi connectivity index (χ2n) is 8.76. The molecule has 1 aromatic heterocycles. The molecule has 0 unspecified atom stereocenters. The number of hydrogen-bond acceptors (Lipinski definition) is 8. The van der Waals surface area contributed by atoms with E-state index >= 15 is 4.39 Å². The van der Waals surface area contributed by atoms with E-state index in [1.54, 1.807) is 54.6 Å². The van der Waals surface area contributed by atoms with Gasteiger partial charge < -0.3 is 18.9 Å². The first-order valence-electron chi connectivity index (χ1n) is 12.5. The molecular formula is C31H19F3N2O7. The molecule has 4 aromatic carbocycles. The first kappa shape index (κ1) is 28.6. The van der Waals surface area contributed by atoms with E-state index in [1.165, 1.54) is 24.3 Å². The van der Waals surface area contributed by atoms with Crippen LogP contribution in [0.5, 0.6) is 34.6 Å². The lowest BCUT2D eigenvalue weighted by molar-refractivity contribution is -0.385. The van der Waals surface area contributed by atoms with Crippen molar-refractivity contribution in [2.45, 2.75) is 6.61 Å². The molecule has 0 aliphatic rings. The van der Waals surface area contributed by atoms with E-state index in [9.17, 15) is 23.7 Å². The zero-order valence-electron chi connectivity index (χ0n) is 21.9. The largest absolute Gasteiger partial charge is 0.457 e. The van der Waals surface area contributed by atoms with Crippen molar-refractivity contribution in [1.82, 2.24) is 4.98 Å². The molecule has 12 heteroatoms. The van der Waals surface area contributed by atoms with Crippen LogP contribution in [0.15, 0.2) is 103 Å². The number of nitro benzene ring substituents is 1. The summed E-state index contributed by atoms with van der Waals surface area (Å²) in [5.41, 5.74) is 0.509. The van der Waals surface area contributed by atoms with Crippen molar-refractivity contribution in [1.29, 1.82) is 0 Å². The highest BCUT2D eigenvalue weighted by atomic mass is 19.2. The van der Waals surface area contributed by atoms with E-state index in [2.05, 4.69) is 4.98 Å². The molecule has 5 rings (SSSR count). The summed E-state index contributed by atoms with van der Waals surface area (Å²) in [6.45, 7) is 0.0549. The van der Waals surface area contributed by atoms with Gasteiger partial charge in [-0.25, -0.2) is 4.79 Å². The van der Waals surface area contributed by atoms with E-state index in [0.29, 0.717) is 0 Å². The number of carbonyl (C=O) groups is 1. The Hall–Kier alpha value is -5.91. The highest BCUT2D eigenvalue weighted by Crippen LogP contribution is 2.39. The SMILES string of the molecule is O=C(OCc1ccccc1)c1ccc(Oc2nc(F)c(F)c(Oc3ccc([N+](=O)[O-])c(Oc4ccccc4)c3)c2F)cc1. The monoisotopic (exact) mass is 588 g/mol. The number of aromatic nitrogens is 1. The predicted molar refractivity (Wildman–Crippen MR) is 146 cm³/mol. The lowest BCUT2D eigenvalue weighted by Gasteiger charge is -2.13. The number of pyridine rings is 1. The third-order valence-corrected chi connectivity index (χ3v) is 5.80. The van der Waals surface area contributed by atoms with Crippen molar-refractivity contribution in [3.63, 3.8) is 0 Å². The summed E-state index contributed by atoms with van der Waals surface area (Å²) < 4.78 is 65.6. The number of para-hydroxylation sites is 1. The standard InChI is InChI=1S/C31H19F3N2O7/c32-26-28(42-23-15-16-24(36(38)39)25(17-23)41-21-9-5-2-6-10-21)27(33)30(35-29(26)34)43-22-13-11-20(12-14-22)31(37)40-18-19-7-3-1-4-8-19/h1-17H,18H2. The molecule has 43 heavy (non-hydrogen) atoms. The normalized spacial score (nSPS) is 10.6. The molecule has 0 N–H and O–H groups in total. The molecule has 0 radical (unpaired) electrons. The Balaban J connectivity index is 1.34. The summed E-state index contributed by atoms with van der Waals surface area (Å²) in [5.74, 6) is -8.17. The van der Waals surface area contributed by atoms with Crippen LogP contribution in [0.4, 0.5) is 18.9 Å². The van der Waals surface area contributed by atoms with Gasteiger partial charge in [0.05, 0.1) is 10.5 Å². The van der Waals surface area contributed by atoms with Crippen LogP contribution in [-0.4, -0.2) is 15.9 Å². The summed E-state index contributed by atoms with van der Waals surface area (Å²) in [5, 5.41) is 11.5. The lowest BCUT2D eigenvalue weighted by atomic mass is 10.2. The van der Waals surface area contributed by atoms with Gasteiger partial charge in [0, 0.05) is 12.1 Å². The quantitative estimate of drug-likeness (QED) is 0.0696. The summed E-state index contributed by atoms with van der Waals surface area (Å²) in [4.78, 5) is 26.3. The van der Waals surface area contributed by atoms with Crippen LogP contribution in [0.25, 0.3) is 0 Å². The van der Waals surface area contributed by atoms with E-state index < -0.39 is 45.8 Å². The number of nitro groups is 1. The van der Waals surface area contributed by atoms with Gasteiger partial charge >= 0.3 is 11.7 Å². The van der Waals surface area contributed by atoms with Crippen LogP contribution in [0.3, 0.4) is 0 Å². The number of rotatable bonds is 10. The maximum absolute atomic E-state index is 15.3. The van der Waals surface area contributed by atoms with E-state index in [0.717, 1.165) is 23.8 Å². The van der Waals surface area contributed by atoms with Crippen molar-refractivity contribution in [2.75, 3.05) is 0 Å². The topological polar surface area (TPSA) is 110 Å². The zero-order valence-corrected chi connectivity index (χ0v) is 21.9. The summed E-state index contributed by atoms with van der Waals surface area (Å²) in [6, 6.07) is 25.4. The second kappa shape index (κ2) is 12.7. The first-order chi connectivity index (χ1) is 20.8. The Morgan fingerprint density at radius 3 is 2.05 bits per heavy atom. The van der Waals surface area contributed by atoms with Crippen molar-refractivity contribution in [3.05, 3.63) is 142 Å². The Morgan fingerprint density at radius 2 is 1.37 bits per heavy atom. The van der Waals surface area contributed by atoms with Gasteiger partial charge in [-0.3, -0.25) is 10.1 Å². The Kier molecular flexibility index (Phi) is 8.47. The van der Waals surface area contributed by atoms with Gasteiger partial charge in [0.1, 0.15) is 23.9 Å².